The first kappa shape index (κ1) is 24.0. The Labute approximate surface area is 201 Å². The van der Waals surface area contributed by atoms with E-state index in [1.165, 1.54) is 10.5 Å². The standard InChI is InChI=1S/C27H33N3O4/c1-33-19-18-30-26(32)29(21-23-10-6-12-24(20-23)34-2)25(31)27(30)13-16-28(17-14-27)15-7-11-22-8-4-3-5-9-22/h3-12,20H,13-19,21H2,1-2H3/b11-7+. The number of rotatable bonds is 9. The van der Waals surface area contributed by atoms with Crippen molar-refractivity contribution >= 4 is 18.0 Å². The molecule has 4 rings (SSSR count). The van der Waals surface area contributed by atoms with E-state index in [4.69, 9.17) is 9.47 Å². The summed E-state index contributed by atoms with van der Waals surface area (Å²) in [7, 11) is 3.22. The van der Waals surface area contributed by atoms with Gasteiger partial charge in [0, 0.05) is 33.3 Å². The van der Waals surface area contributed by atoms with Gasteiger partial charge in [-0.1, -0.05) is 54.6 Å². The zero-order valence-corrected chi connectivity index (χ0v) is 20.0. The van der Waals surface area contributed by atoms with E-state index in [0.29, 0.717) is 31.7 Å². The van der Waals surface area contributed by atoms with Gasteiger partial charge >= 0.3 is 6.03 Å². The van der Waals surface area contributed by atoms with Gasteiger partial charge < -0.3 is 14.4 Å². The monoisotopic (exact) mass is 463 g/mol. The molecule has 0 N–H and O–H groups in total. The van der Waals surface area contributed by atoms with Crippen LogP contribution in [0.25, 0.3) is 6.08 Å². The van der Waals surface area contributed by atoms with Crippen LogP contribution in [0.4, 0.5) is 4.79 Å². The van der Waals surface area contributed by atoms with Crippen molar-refractivity contribution < 1.29 is 19.1 Å². The first-order chi connectivity index (χ1) is 16.6. The van der Waals surface area contributed by atoms with Crippen molar-refractivity contribution in [3.8, 4) is 5.75 Å². The highest BCUT2D eigenvalue weighted by molar-refractivity contribution is 6.07. The molecular weight excluding hydrogens is 430 g/mol. The van der Waals surface area contributed by atoms with Crippen molar-refractivity contribution in [3.63, 3.8) is 0 Å². The number of carbonyl (C=O) groups is 2. The number of piperidine rings is 1. The molecule has 2 heterocycles. The Kier molecular flexibility index (Phi) is 7.65. The second kappa shape index (κ2) is 10.8. The summed E-state index contributed by atoms with van der Waals surface area (Å²) in [5.74, 6) is 0.607. The number of hydrogen-bond donors (Lipinski definition) is 0. The van der Waals surface area contributed by atoms with Crippen molar-refractivity contribution in [2.45, 2.75) is 24.9 Å². The maximum Gasteiger partial charge on any atom is 0.328 e. The molecule has 2 fully saturated rings. The summed E-state index contributed by atoms with van der Waals surface area (Å²) in [5, 5.41) is 0. The molecule has 0 radical (unpaired) electrons. The molecule has 0 atom stereocenters. The molecule has 2 aromatic rings. The van der Waals surface area contributed by atoms with E-state index in [-0.39, 0.29) is 18.5 Å². The van der Waals surface area contributed by atoms with Crippen LogP contribution in [0, 0.1) is 0 Å². The van der Waals surface area contributed by atoms with Gasteiger partial charge in [0.05, 0.1) is 20.3 Å². The summed E-state index contributed by atoms with van der Waals surface area (Å²) in [4.78, 5) is 32.6. The lowest BCUT2D eigenvalue weighted by atomic mass is 9.85. The Bertz CT molecular complexity index is 1020. The summed E-state index contributed by atoms with van der Waals surface area (Å²) >= 11 is 0. The van der Waals surface area contributed by atoms with Crippen molar-refractivity contribution in [2.24, 2.45) is 0 Å². The number of urea groups is 1. The lowest BCUT2D eigenvalue weighted by Crippen LogP contribution is -2.57. The van der Waals surface area contributed by atoms with Gasteiger partial charge in [0.1, 0.15) is 11.3 Å². The van der Waals surface area contributed by atoms with E-state index in [0.717, 1.165) is 25.2 Å². The molecule has 7 heteroatoms. The van der Waals surface area contributed by atoms with Crippen LogP contribution in [-0.2, 0) is 16.1 Å². The van der Waals surface area contributed by atoms with E-state index in [9.17, 15) is 9.59 Å². The summed E-state index contributed by atoms with van der Waals surface area (Å²) in [6.45, 7) is 3.38. The third kappa shape index (κ3) is 5.00. The SMILES string of the molecule is COCCN1C(=O)N(Cc2cccc(OC)c2)C(=O)C12CCN(C/C=C/c1ccccc1)CC2. The zero-order chi connectivity index (χ0) is 24.0. The Balaban J connectivity index is 1.46. The van der Waals surface area contributed by atoms with E-state index in [1.807, 2.05) is 42.5 Å². The first-order valence-corrected chi connectivity index (χ1v) is 11.8. The van der Waals surface area contributed by atoms with Crippen molar-refractivity contribution in [2.75, 3.05) is 47.0 Å². The molecule has 0 saturated carbocycles. The lowest BCUT2D eigenvalue weighted by molar-refractivity contribution is -0.136. The molecule has 180 valence electrons. The molecule has 34 heavy (non-hydrogen) atoms. The number of amides is 3. The minimum Gasteiger partial charge on any atom is -0.497 e. The van der Waals surface area contributed by atoms with Crippen LogP contribution < -0.4 is 4.74 Å². The van der Waals surface area contributed by atoms with Gasteiger partial charge in [-0.25, -0.2) is 4.79 Å². The van der Waals surface area contributed by atoms with Gasteiger partial charge in [0.2, 0.25) is 0 Å². The fraction of sp³-hybridized carbons (Fsp3) is 0.407. The summed E-state index contributed by atoms with van der Waals surface area (Å²) in [6, 6.07) is 17.5. The predicted molar refractivity (Wildman–Crippen MR) is 131 cm³/mol. The number of benzene rings is 2. The largest absolute Gasteiger partial charge is 0.497 e. The number of carbonyl (C=O) groups excluding carboxylic acids is 2. The number of hydrogen-bond acceptors (Lipinski definition) is 5. The maximum absolute atomic E-state index is 13.7. The quantitative estimate of drug-likeness (QED) is 0.531. The van der Waals surface area contributed by atoms with Crippen LogP contribution in [0.3, 0.4) is 0 Å². The average Bonchev–Trinajstić information content (AvgIpc) is 3.05. The molecule has 0 aliphatic carbocycles. The normalized spacial score (nSPS) is 18.4. The Morgan fingerprint density at radius 3 is 2.47 bits per heavy atom. The number of likely N-dealkylation sites (tertiary alicyclic amines) is 1. The summed E-state index contributed by atoms with van der Waals surface area (Å²) in [5.41, 5.74) is 1.24. The Hall–Kier alpha value is -3.16. The molecule has 2 aliphatic heterocycles. The van der Waals surface area contributed by atoms with Gasteiger partial charge in [-0.05, 0) is 36.1 Å². The van der Waals surface area contributed by atoms with E-state index < -0.39 is 5.54 Å². The minimum atomic E-state index is -0.797. The van der Waals surface area contributed by atoms with Gasteiger partial charge in [-0.15, -0.1) is 0 Å². The fourth-order valence-electron chi connectivity index (χ4n) is 4.86. The third-order valence-corrected chi connectivity index (χ3v) is 6.77. The van der Waals surface area contributed by atoms with Gasteiger partial charge in [-0.2, -0.15) is 0 Å². The van der Waals surface area contributed by atoms with E-state index in [1.54, 1.807) is 19.1 Å². The summed E-state index contributed by atoms with van der Waals surface area (Å²) in [6.07, 6.45) is 5.52. The number of methoxy groups -OCH3 is 2. The van der Waals surface area contributed by atoms with Crippen molar-refractivity contribution in [1.82, 2.24) is 14.7 Å². The van der Waals surface area contributed by atoms with Gasteiger partial charge in [0.15, 0.2) is 0 Å². The molecule has 2 saturated heterocycles. The molecule has 1 spiro atoms. The first-order valence-electron chi connectivity index (χ1n) is 11.8. The average molecular weight is 464 g/mol. The van der Waals surface area contributed by atoms with Crippen LogP contribution in [-0.4, -0.2) is 79.2 Å². The van der Waals surface area contributed by atoms with Crippen LogP contribution in [0.2, 0.25) is 0 Å². The van der Waals surface area contributed by atoms with E-state index in [2.05, 4.69) is 29.2 Å². The molecule has 2 aromatic carbocycles. The van der Waals surface area contributed by atoms with E-state index >= 15 is 0 Å². The predicted octanol–water partition coefficient (Wildman–Crippen LogP) is 3.65. The zero-order valence-electron chi connectivity index (χ0n) is 20.0. The number of nitrogens with zero attached hydrogens (tertiary/aromatic N) is 3. The topological polar surface area (TPSA) is 62.3 Å². The lowest BCUT2D eigenvalue weighted by Gasteiger charge is -2.42. The highest BCUT2D eigenvalue weighted by atomic mass is 16.5. The number of imide groups is 1. The number of ether oxygens (including phenoxy) is 2. The van der Waals surface area contributed by atoms with Crippen molar-refractivity contribution in [1.29, 1.82) is 0 Å². The molecular formula is C27H33N3O4. The molecule has 0 aromatic heterocycles. The summed E-state index contributed by atoms with van der Waals surface area (Å²) < 4.78 is 10.6. The maximum atomic E-state index is 13.7. The Morgan fingerprint density at radius 1 is 1.00 bits per heavy atom. The highest BCUT2D eigenvalue weighted by Gasteiger charge is 2.57. The Morgan fingerprint density at radius 2 is 1.76 bits per heavy atom. The molecule has 3 amide bonds. The second-order valence-corrected chi connectivity index (χ2v) is 8.82. The minimum absolute atomic E-state index is 0.101. The molecule has 0 bridgehead atoms. The molecule has 0 unspecified atom stereocenters. The third-order valence-electron chi connectivity index (χ3n) is 6.77. The fourth-order valence-corrected chi connectivity index (χ4v) is 4.86. The van der Waals surface area contributed by atoms with Gasteiger partial charge in [-0.3, -0.25) is 14.6 Å². The van der Waals surface area contributed by atoms with Crippen LogP contribution >= 0.6 is 0 Å². The molecule has 2 aliphatic rings. The van der Waals surface area contributed by atoms with Crippen LogP contribution in [0.15, 0.2) is 60.7 Å². The van der Waals surface area contributed by atoms with Gasteiger partial charge in [0.25, 0.3) is 5.91 Å². The van der Waals surface area contributed by atoms with Crippen LogP contribution in [0.1, 0.15) is 24.0 Å². The smallest absolute Gasteiger partial charge is 0.328 e. The molecule has 7 nitrogen and oxygen atoms in total. The van der Waals surface area contributed by atoms with Crippen LogP contribution in [0.5, 0.6) is 5.75 Å². The van der Waals surface area contributed by atoms with Crippen molar-refractivity contribution in [3.05, 3.63) is 71.8 Å². The second-order valence-electron chi connectivity index (χ2n) is 8.82. The highest BCUT2D eigenvalue weighted by Crippen LogP contribution is 2.38.